The van der Waals surface area contributed by atoms with Crippen molar-refractivity contribution in [1.82, 2.24) is 5.32 Å². The van der Waals surface area contributed by atoms with E-state index in [0.29, 0.717) is 0 Å². The molecule has 13 heavy (non-hydrogen) atoms. The third-order valence-corrected chi connectivity index (χ3v) is 2.73. The summed E-state index contributed by atoms with van der Waals surface area (Å²) in [4.78, 5) is 11.5. The van der Waals surface area contributed by atoms with Gasteiger partial charge in [0.05, 0.1) is 7.11 Å². The fourth-order valence-corrected chi connectivity index (χ4v) is 2.13. The second-order valence-electron chi connectivity index (χ2n) is 4.69. The summed E-state index contributed by atoms with van der Waals surface area (Å²) in [5.41, 5.74) is -0.447. The first-order chi connectivity index (χ1) is 5.90. The van der Waals surface area contributed by atoms with Crippen LogP contribution in [0.4, 0.5) is 0 Å². The van der Waals surface area contributed by atoms with Crippen LogP contribution in [0.2, 0.25) is 0 Å². The van der Waals surface area contributed by atoms with E-state index in [0.717, 1.165) is 19.3 Å². The van der Waals surface area contributed by atoms with E-state index in [1.54, 1.807) is 0 Å². The van der Waals surface area contributed by atoms with Crippen molar-refractivity contribution in [3.05, 3.63) is 0 Å². The molecule has 1 atom stereocenters. The zero-order valence-electron chi connectivity index (χ0n) is 8.94. The van der Waals surface area contributed by atoms with Gasteiger partial charge in [-0.25, -0.2) is 0 Å². The molecule has 1 N–H and O–H groups in total. The number of esters is 1. The third kappa shape index (κ3) is 2.21. The molecule has 76 valence electrons. The van der Waals surface area contributed by atoms with Crippen LogP contribution in [0.5, 0.6) is 0 Å². The quantitative estimate of drug-likeness (QED) is 0.629. The molecule has 1 rings (SSSR count). The fraction of sp³-hybridized carbons (Fsp3) is 0.900. The second kappa shape index (κ2) is 3.29. The van der Waals surface area contributed by atoms with Gasteiger partial charge in [0, 0.05) is 5.54 Å². The Kier molecular flexibility index (Phi) is 2.66. The molecular formula is C10H19NO2. The Morgan fingerprint density at radius 1 is 1.31 bits per heavy atom. The van der Waals surface area contributed by atoms with Gasteiger partial charge in [0.25, 0.3) is 0 Å². The summed E-state index contributed by atoms with van der Waals surface area (Å²) < 4.78 is 4.78. The van der Waals surface area contributed by atoms with Crippen molar-refractivity contribution in [2.45, 2.75) is 51.1 Å². The van der Waals surface area contributed by atoms with Gasteiger partial charge in [0.2, 0.25) is 0 Å². The number of hydrogen-bond donors (Lipinski definition) is 1. The van der Waals surface area contributed by atoms with E-state index in [4.69, 9.17) is 4.74 Å². The molecule has 0 spiro atoms. The molecule has 1 heterocycles. The fourth-order valence-electron chi connectivity index (χ4n) is 2.13. The molecule has 0 radical (unpaired) electrons. The number of methoxy groups -OCH3 is 1. The summed E-state index contributed by atoms with van der Waals surface area (Å²) >= 11 is 0. The topological polar surface area (TPSA) is 38.3 Å². The highest BCUT2D eigenvalue weighted by Gasteiger charge is 2.41. The standard InChI is InChI=1S/C10H19NO2/c1-9(2)6-5-7-10(3,11-9)8(12)13-4/h11H,5-7H2,1-4H3. The zero-order chi connectivity index (χ0) is 10.1. The van der Waals surface area contributed by atoms with Crippen LogP contribution in [0.1, 0.15) is 40.0 Å². The van der Waals surface area contributed by atoms with E-state index in [1.807, 2.05) is 6.92 Å². The van der Waals surface area contributed by atoms with E-state index in [2.05, 4.69) is 19.2 Å². The van der Waals surface area contributed by atoms with E-state index < -0.39 is 5.54 Å². The summed E-state index contributed by atoms with van der Waals surface area (Å²) in [6.45, 7) is 6.15. The van der Waals surface area contributed by atoms with Crippen LogP contribution in [0.3, 0.4) is 0 Å². The molecule has 1 fully saturated rings. The summed E-state index contributed by atoms with van der Waals surface area (Å²) in [7, 11) is 1.44. The lowest BCUT2D eigenvalue weighted by Gasteiger charge is -2.42. The maximum Gasteiger partial charge on any atom is 0.325 e. The average Bonchev–Trinajstić information content (AvgIpc) is 2.00. The Bertz CT molecular complexity index is 213. The first kappa shape index (κ1) is 10.5. The lowest BCUT2D eigenvalue weighted by molar-refractivity contribution is -0.150. The van der Waals surface area contributed by atoms with Crippen LogP contribution in [-0.4, -0.2) is 24.2 Å². The summed E-state index contributed by atoms with van der Waals surface area (Å²) in [6, 6.07) is 0. The first-order valence-electron chi connectivity index (χ1n) is 4.77. The van der Waals surface area contributed by atoms with Crippen LogP contribution in [-0.2, 0) is 9.53 Å². The summed E-state index contributed by atoms with van der Waals surface area (Å²) in [5.74, 6) is -0.153. The van der Waals surface area contributed by atoms with Crippen molar-refractivity contribution in [1.29, 1.82) is 0 Å². The van der Waals surface area contributed by atoms with Gasteiger partial charge in [0.15, 0.2) is 0 Å². The number of rotatable bonds is 1. The van der Waals surface area contributed by atoms with Gasteiger partial charge in [-0.05, 0) is 40.0 Å². The van der Waals surface area contributed by atoms with Gasteiger partial charge in [-0.2, -0.15) is 0 Å². The zero-order valence-corrected chi connectivity index (χ0v) is 8.94. The number of carbonyl (C=O) groups excluding carboxylic acids is 1. The Hall–Kier alpha value is -0.570. The molecule has 0 aromatic rings. The Morgan fingerprint density at radius 2 is 1.92 bits per heavy atom. The van der Waals surface area contributed by atoms with Gasteiger partial charge >= 0.3 is 5.97 Å². The number of carbonyl (C=O) groups is 1. The van der Waals surface area contributed by atoms with E-state index in [-0.39, 0.29) is 11.5 Å². The minimum absolute atomic E-state index is 0.0428. The largest absolute Gasteiger partial charge is 0.468 e. The molecule has 0 aromatic carbocycles. The maximum absolute atomic E-state index is 11.5. The van der Waals surface area contributed by atoms with Crippen molar-refractivity contribution in [3.8, 4) is 0 Å². The lowest BCUT2D eigenvalue weighted by Crippen LogP contribution is -2.61. The normalized spacial score (nSPS) is 32.6. The van der Waals surface area contributed by atoms with Gasteiger partial charge in [-0.15, -0.1) is 0 Å². The number of nitrogens with one attached hydrogen (secondary N) is 1. The van der Waals surface area contributed by atoms with Gasteiger partial charge < -0.3 is 4.74 Å². The molecule has 1 saturated heterocycles. The van der Waals surface area contributed by atoms with Gasteiger partial charge in [-0.1, -0.05) is 0 Å². The lowest BCUT2D eigenvalue weighted by atomic mass is 9.82. The predicted octanol–water partition coefficient (Wildman–Crippen LogP) is 1.47. The SMILES string of the molecule is COC(=O)C1(C)CCCC(C)(C)N1. The van der Waals surface area contributed by atoms with Crippen LogP contribution in [0, 0.1) is 0 Å². The van der Waals surface area contributed by atoms with Crippen LogP contribution in [0.25, 0.3) is 0 Å². The molecule has 0 saturated carbocycles. The van der Waals surface area contributed by atoms with E-state index in [1.165, 1.54) is 7.11 Å². The molecule has 0 amide bonds. The monoisotopic (exact) mass is 185 g/mol. The predicted molar refractivity (Wildman–Crippen MR) is 51.5 cm³/mol. The van der Waals surface area contributed by atoms with Crippen LogP contribution >= 0.6 is 0 Å². The molecular weight excluding hydrogens is 166 g/mol. The summed E-state index contributed by atoms with van der Waals surface area (Å²) in [5, 5.41) is 3.35. The van der Waals surface area contributed by atoms with Gasteiger partial charge in [0.1, 0.15) is 5.54 Å². The Morgan fingerprint density at radius 3 is 2.38 bits per heavy atom. The molecule has 1 aliphatic heterocycles. The second-order valence-corrected chi connectivity index (χ2v) is 4.69. The number of ether oxygens (including phenoxy) is 1. The highest BCUT2D eigenvalue weighted by molar-refractivity contribution is 5.80. The molecule has 1 aliphatic rings. The molecule has 0 aliphatic carbocycles. The highest BCUT2D eigenvalue weighted by atomic mass is 16.5. The average molecular weight is 185 g/mol. The third-order valence-electron chi connectivity index (χ3n) is 2.73. The van der Waals surface area contributed by atoms with E-state index >= 15 is 0 Å². The number of piperidine rings is 1. The van der Waals surface area contributed by atoms with Crippen molar-refractivity contribution in [2.75, 3.05) is 7.11 Å². The number of hydrogen-bond acceptors (Lipinski definition) is 3. The molecule has 0 aromatic heterocycles. The molecule has 3 nitrogen and oxygen atoms in total. The maximum atomic E-state index is 11.5. The van der Waals surface area contributed by atoms with Gasteiger partial charge in [-0.3, -0.25) is 10.1 Å². The molecule has 1 unspecified atom stereocenters. The van der Waals surface area contributed by atoms with Crippen LogP contribution in [0.15, 0.2) is 0 Å². The minimum atomic E-state index is -0.490. The Balaban J connectivity index is 2.74. The molecule has 3 heteroatoms. The van der Waals surface area contributed by atoms with Crippen molar-refractivity contribution >= 4 is 5.97 Å². The van der Waals surface area contributed by atoms with Crippen molar-refractivity contribution in [3.63, 3.8) is 0 Å². The van der Waals surface area contributed by atoms with Crippen molar-refractivity contribution < 1.29 is 9.53 Å². The van der Waals surface area contributed by atoms with Crippen LogP contribution < -0.4 is 5.32 Å². The summed E-state index contributed by atoms with van der Waals surface area (Å²) in [6.07, 6.45) is 3.05. The molecule has 0 bridgehead atoms. The minimum Gasteiger partial charge on any atom is -0.468 e. The Labute approximate surface area is 79.8 Å². The van der Waals surface area contributed by atoms with Crippen molar-refractivity contribution in [2.24, 2.45) is 0 Å². The first-order valence-corrected chi connectivity index (χ1v) is 4.77. The smallest absolute Gasteiger partial charge is 0.325 e. The van der Waals surface area contributed by atoms with E-state index in [9.17, 15) is 4.79 Å². The highest BCUT2D eigenvalue weighted by Crippen LogP contribution is 2.28.